The van der Waals surface area contributed by atoms with Gasteiger partial charge in [0, 0.05) is 13.2 Å². The first-order valence-electron chi connectivity index (χ1n) is 5.35. The van der Waals surface area contributed by atoms with Crippen LogP contribution in [0.1, 0.15) is 40.0 Å². The Morgan fingerprint density at radius 3 is 2.60 bits per heavy atom. The van der Waals surface area contributed by atoms with Crippen LogP contribution in [0, 0.1) is 6.42 Å². The molecule has 0 rings (SSSR count). The largest absolute Gasteiger partial charge is 0.444 e. The van der Waals surface area contributed by atoms with E-state index in [4.69, 9.17) is 9.84 Å². The van der Waals surface area contributed by atoms with Crippen molar-refractivity contribution < 1.29 is 14.6 Å². The monoisotopic (exact) mass is 216 g/mol. The molecule has 0 unspecified atom stereocenters. The van der Waals surface area contributed by atoms with Crippen molar-refractivity contribution in [1.29, 1.82) is 0 Å². The van der Waals surface area contributed by atoms with E-state index in [-0.39, 0.29) is 12.7 Å². The SMILES string of the molecule is CC(C)(C)OC(=O)NCCCC[CH]CO. The lowest BCUT2D eigenvalue weighted by atomic mass is 10.2. The molecular weight excluding hydrogens is 194 g/mol. The predicted molar refractivity (Wildman–Crippen MR) is 59.5 cm³/mol. The van der Waals surface area contributed by atoms with E-state index in [1.807, 2.05) is 27.2 Å². The second-order valence-electron chi connectivity index (χ2n) is 4.40. The average molecular weight is 216 g/mol. The third-order valence-electron chi connectivity index (χ3n) is 1.63. The van der Waals surface area contributed by atoms with E-state index in [1.165, 1.54) is 0 Å². The van der Waals surface area contributed by atoms with Crippen LogP contribution in [0.25, 0.3) is 0 Å². The van der Waals surface area contributed by atoms with Crippen LogP contribution in [0.3, 0.4) is 0 Å². The molecular formula is C11H22NO3. The van der Waals surface area contributed by atoms with Gasteiger partial charge in [0.2, 0.25) is 0 Å². The summed E-state index contributed by atoms with van der Waals surface area (Å²) < 4.78 is 5.07. The summed E-state index contributed by atoms with van der Waals surface area (Å²) in [6.07, 6.45) is 4.19. The maximum atomic E-state index is 11.2. The van der Waals surface area contributed by atoms with Crippen LogP contribution in [0.4, 0.5) is 4.79 Å². The Kier molecular flexibility index (Phi) is 7.13. The van der Waals surface area contributed by atoms with Gasteiger partial charge in [-0.1, -0.05) is 6.42 Å². The minimum Gasteiger partial charge on any atom is -0.444 e. The van der Waals surface area contributed by atoms with Crippen LogP contribution in [-0.2, 0) is 4.74 Å². The van der Waals surface area contributed by atoms with Crippen molar-refractivity contribution in [2.75, 3.05) is 13.2 Å². The molecule has 0 atom stereocenters. The zero-order chi connectivity index (χ0) is 11.7. The molecule has 0 saturated heterocycles. The van der Waals surface area contributed by atoms with Crippen molar-refractivity contribution in [3.8, 4) is 0 Å². The zero-order valence-corrected chi connectivity index (χ0v) is 9.88. The minimum atomic E-state index is -0.436. The fourth-order valence-electron chi connectivity index (χ4n) is 1.01. The smallest absolute Gasteiger partial charge is 0.407 e. The van der Waals surface area contributed by atoms with E-state index in [0.717, 1.165) is 19.3 Å². The summed E-state index contributed by atoms with van der Waals surface area (Å²) in [6.45, 7) is 6.25. The number of hydrogen-bond acceptors (Lipinski definition) is 3. The molecule has 0 heterocycles. The molecule has 0 aromatic rings. The number of carbonyl (C=O) groups excluding carboxylic acids is 1. The predicted octanol–water partition coefficient (Wildman–Crippen LogP) is 1.88. The highest BCUT2D eigenvalue weighted by atomic mass is 16.6. The van der Waals surface area contributed by atoms with Gasteiger partial charge in [0.15, 0.2) is 0 Å². The quantitative estimate of drug-likeness (QED) is 0.666. The summed E-state index contributed by atoms with van der Waals surface area (Å²) in [6, 6.07) is 0. The Balaban J connectivity index is 3.32. The maximum absolute atomic E-state index is 11.2. The molecule has 0 bridgehead atoms. The van der Waals surface area contributed by atoms with Crippen molar-refractivity contribution in [2.24, 2.45) is 0 Å². The molecule has 0 aliphatic carbocycles. The van der Waals surface area contributed by atoms with Gasteiger partial charge in [-0.15, -0.1) is 0 Å². The van der Waals surface area contributed by atoms with E-state index >= 15 is 0 Å². The Bertz CT molecular complexity index is 175. The topological polar surface area (TPSA) is 58.6 Å². The van der Waals surface area contributed by atoms with E-state index in [0.29, 0.717) is 6.54 Å². The molecule has 0 aliphatic rings. The molecule has 15 heavy (non-hydrogen) atoms. The van der Waals surface area contributed by atoms with Gasteiger partial charge >= 0.3 is 6.09 Å². The number of rotatable bonds is 6. The molecule has 1 amide bonds. The number of hydrogen-bond donors (Lipinski definition) is 2. The first-order chi connectivity index (χ1) is 6.95. The highest BCUT2D eigenvalue weighted by molar-refractivity contribution is 5.67. The molecule has 0 fully saturated rings. The second kappa shape index (κ2) is 7.51. The average Bonchev–Trinajstić information content (AvgIpc) is 2.08. The maximum Gasteiger partial charge on any atom is 0.407 e. The van der Waals surface area contributed by atoms with Crippen molar-refractivity contribution in [1.82, 2.24) is 5.32 Å². The lowest BCUT2D eigenvalue weighted by Crippen LogP contribution is -2.32. The number of unbranched alkanes of at least 4 members (excludes halogenated alkanes) is 3. The summed E-state index contributed by atoms with van der Waals surface area (Å²) in [5, 5.41) is 11.2. The van der Waals surface area contributed by atoms with Gasteiger partial charge < -0.3 is 15.2 Å². The number of aliphatic hydroxyl groups excluding tert-OH is 1. The Morgan fingerprint density at radius 1 is 1.40 bits per heavy atom. The van der Waals surface area contributed by atoms with E-state index < -0.39 is 5.60 Å². The molecule has 0 spiro atoms. The standard InChI is InChI=1S/C11H22NO3/c1-11(2,3)15-10(14)12-8-6-4-5-7-9-13/h7,13H,4-6,8-9H2,1-3H3,(H,12,14). The Morgan fingerprint density at radius 2 is 2.07 bits per heavy atom. The van der Waals surface area contributed by atoms with Crippen LogP contribution < -0.4 is 5.32 Å². The first kappa shape index (κ1) is 14.2. The number of aliphatic hydroxyl groups is 1. The van der Waals surface area contributed by atoms with E-state index in [1.54, 1.807) is 0 Å². The van der Waals surface area contributed by atoms with E-state index in [2.05, 4.69) is 5.32 Å². The van der Waals surface area contributed by atoms with Gasteiger partial charge in [0.1, 0.15) is 5.60 Å². The number of carbonyl (C=O) groups is 1. The van der Waals surface area contributed by atoms with Crippen molar-refractivity contribution in [3.63, 3.8) is 0 Å². The van der Waals surface area contributed by atoms with Crippen LogP contribution >= 0.6 is 0 Å². The highest BCUT2D eigenvalue weighted by Gasteiger charge is 2.15. The van der Waals surface area contributed by atoms with Gasteiger partial charge in [-0.3, -0.25) is 0 Å². The molecule has 1 radical (unpaired) electrons. The summed E-state index contributed by atoms with van der Waals surface area (Å²) in [5.74, 6) is 0. The molecule has 4 nitrogen and oxygen atoms in total. The molecule has 2 N–H and O–H groups in total. The first-order valence-corrected chi connectivity index (χ1v) is 5.35. The molecule has 89 valence electrons. The second-order valence-corrected chi connectivity index (χ2v) is 4.40. The Labute approximate surface area is 92.0 Å². The van der Waals surface area contributed by atoms with Gasteiger partial charge in [-0.2, -0.15) is 0 Å². The van der Waals surface area contributed by atoms with Crippen molar-refractivity contribution in [3.05, 3.63) is 6.42 Å². The molecule has 4 heteroatoms. The van der Waals surface area contributed by atoms with Crippen molar-refractivity contribution in [2.45, 2.75) is 45.6 Å². The van der Waals surface area contributed by atoms with Crippen molar-refractivity contribution >= 4 is 6.09 Å². The van der Waals surface area contributed by atoms with Gasteiger partial charge in [-0.25, -0.2) is 4.79 Å². The lowest BCUT2D eigenvalue weighted by molar-refractivity contribution is 0.0527. The number of amides is 1. The third kappa shape index (κ3) is 11.2. The minimum absolute atomic E-state index is 0.124. The molecule has 0 aromatic heterocycles. The highest BCUT2D eigenvalue weighted by Crippen LogP contribution is 2.06. The van der Waals surface area contributed by atoms with Crippen LogP contribution in [0.15, 0.2) is 0 Å². The zero-order valence-electron chi connectivity index (χ0n) is 9.88. The number of alkyl carbamates (subject to hydrolysis) is 1. The summed E-state index contributed by atoms with van der Waals surface area (Å²) in [4.78, 5) is 11.2. The van der Waals surface area contributed by atoms with Crippen LogP contribution in [-0.4, -0.2) is 30.0 Å². The van der Waals surface area contributed by atoms with Gasteiger partial charge in [0.05, 0.1) is 0 Å². The molecule has 0 aromatic carbocycles. The third-order valence-corrected chi connectivity index (χ3v) is 1.63. The lowest BCUT2D eigenvalue weighted by Gasteiger charge is -2.19. The summed E-state index contributed by atoms with van der Waals surface area (Å²) >= 11 is 0. The molecule has 0 aliphatic heterocycles. The molecule has 0 saturated carbocycles. The van der Waals surface area contributed by atoms with E-state index in [9.17, 15) is 4.79 Å². The number of nitrogens with one attached hydrogen (secondary N) is 1. The van der Waals surface area contributed by atoms with Gasteiger partial charge in [0.25, 0.3) is 0 Å². The van der Waals surface area contributed by atoms with Gasteiger partial charge in [-0.05, 0) is 40.0 Å². The summed E-state index contributed by atoms with van der Waals surface area (Å²) in [5.41, 5.74) is -0.436. The number of ether oxygens (including phenoxy) is 1. The Hall–Kier alpha value is -0.770. The fraction of sp³-hybridized carbons (Fsp3) is 0.818. The normalized spacial score (nSPS) is 11.2. The fourth-order valence-corrected chi connectivity index (χ4v) is 1.01. The summed E-state index contributed by atoms with van der Waals surface area (Å²) in [7, 11) is 0. The van der Waals surface area contributed by atoms with Crippen LogP contribution in [0.5, 0.6) is 0 Å². The van der Waals surface area contributed by atoms with Crippen LogP contribution in [0.2, 0.25) is 0 Å².